The summed E-state index contributed by atoms with van der Waals surface area (Å²) in [6.07, 6.45) is 56.8. The number of ether oxygens (including phenoxy) is 2. The number of esters is 2. The molecule has 23 nitrogen and oxygen atoms in total. The van der Waals surface area contributed by atoms with E-state index in [0.29, 0.717) is 51.4 Å². The van der Waals surface area contributed by atoms with E-state index >= 15 is 0 Å². The average molecular weight is 1580 g/mol. The molecule has 0 aliphatic carbocycles. The lowest BCUT2D eigenvalue weighted by Gasteiger charge is -2.22. The van der Waals surface area contributed by atoms with Crippen molar-refractivity contribution in [2.24, 2.45) is 0 Å². The van der Waals surface area contributed by atoms with E-state index in [0.717, 1.165) is 167 Å². The molecule has 0 saturated carbocycles. The number of phosphoric acid groups is 2. The average Bonchev–Trinajstić information content (AvgIpc) is 0.896. The molecular weight excluding hydrogens is 1410 g/mol. The zero-order valence-electron chi connectivity index (χ0n) is 69.4. The third-order valence-electron chi connectivity index (χ3n) is 19.8. The lowest BCUT2D eigenvalue weighted by Crippen LogP contribution is -2.49. The Labute approximate surface area is 656 Å². The van der Waals surface area contributed by atoms with Gasteiger partial charge in [0.2, 0.25) is 23.6 Å². The van der Waals surface area contributed by atoms with Crippen LogP contribution in [-0.2, 0) is 65.5 Å². The fraction of sp³-hybridized carbons (Fsp3) is 0.916. The van der Waals surface area contributed by atoms with E-state index in [-0.39, 0.29) is 51.0 Å². The smallest absolute Gasteiger partial charge is 0.462 e. The maximum atomic E-state index is 13.8. The van der Waals surface area contributed by atoms with Gasteiger partial charge < -0.3 is 51.2 Å². The van der Waals surface area contributed by atoms with Crippen LogP contribution in [0.1, 0.15) is 414 Å². The van der Waals surface area contributed by atoms with Crippen molar-refractivity contribution >= 4 is 57.2 Å². The minimum atomic E-state index is -4.87. The van der Waals surface area contributed by atoms with Gasteiger partial charge in [-0.3, -0.25) is 46.9 Å². The molecule has 0 bridgehead atoms. The maximum absolute atomic E-state index is 13.8. The molecule has 108 heavy (non-hydrogen) atoms. The number of unbranched alkanes of at least 4 members (excludes halogenated alkanes) is 44. The fourth-order valence-electron chi connectivity index (χ4n) is 13.0. The number of nitrogens with one attached hydrogen (secondary N) is 6. The number of urea groups is 1. The molecule has 0 aromatic heterocycles. The Morgan fingerprint density at radius 2 is 0.528 bits per heavy atom. The van der Waals surface area contributed by atoms with Crippen molar-refractivity contribution in [1.29, 1.82) is 0 Å². The van der Waals surface area contributed by atoms with Crippen molar-refractivity contribution in [3.63, 3.8) is 0 Å². The zero-order valence-corrected chi connectivity index (χ0v) is 71.2. The highest BCUT2D eigenvalue weighted by molar-refractivity contribution is 7.47. The van der Waals surface area contributed by atoms with Crippen LogP contribution in [0, 0.1) is 0 Å². The Balaban J connectivity index is 5.71. The minimum absolute atomic E-state index is 0.110. The third-order valence-corrected chi connectivity index (χ3v) is 21.7. The molecule has 0 heterocycles. The Hall–Kier alpha value is -3.69. The normalized spacial score (nSPS) is 13.7. The molecule has 0 rings (SSSR count). The van der Waals surface area contributed by atoms with Gasteiger partial charge in [-0.1, -0.05) is 324 Å². The summed E-state index contributed by atoms with van der Waals surface area (Å²) in [5.41, 5.74) is 0. The highest BCUT2D eigenvalue weighted by atomic mass is 31.2. The van der Waals surface area contributed by atoms with Crippen LogP contribution < -0.4 is 31.9 Å². The van der Waals surface area contributed by atoms with Gasteiger partial charge in [0.05, 0.1) is 26.4 Å². The molecule has 0 spiro atoms. The van der Waals surface area contributed by atoms with Crippen LogP contribution in [0.4, 0.5) is 4.79 Å². The van der Waals surface area contributed by atoms with Crippen LogP contribution in [0.3, 0.4) is 0 Å². The van der Waals surface area contributed by atoms with E-state index in [1.165, 1.54) is 141 Å². The van der Waals surface area contributed by atoms with Gasteiger partial charge in [-0.05, 0) is 51.4 Å². The number of amides is 6. The Morgan fingerprint density at radius 1 is 0.287 bits per heavy atom. The van der Waals surface area contributed by atoms with Crippen molar-refractivity contribution in [2.75, 3.05) is 52.6 Å². The molecule has 0 aromatic carbocycles. The van der Waals surface area contributed by atoms with E-state index in [4.69, 9.17) is 27.6 Å². The second-order valence-corrected chi connectivity index (χ2v) is 33.0. The van der Waals surface area contributed by atoms with Gasteiger partial charge in [0, 0.05) is 64.7 Å². The molecule has 0 saturated heterocycles. The highest BCUT2D eigenvalue weighted by Gasteiger charge is 2.31. The first-order valence-corrected chi connectivity index (χ1v) is 47.1. The summed E-state index contributed by atoms with van der Waals surface area (Å²) in [5.74, 6) is -2.68. The first-order valence-electron chi connectivity index (χ1n) is 44.1. The molecule has 0 aromatic rings. The first-order chi connectivity index (χ1) is 52.3. The number of phosphoric ester groups is 2. The SMILES string of the molecule is CCCCCCCCCCCCCC(=O)N[C@@H](COP(=O)(O)OCCNC(=O)NCCOP(=O)(O)OC[C@H](NC(=O)CCCCCCCCCCCCC)C(=O)NCC[C@@H](CCCCCCC)OC(=O)CCCCCCCCCCC)C(=O)NCC[C@@H](CCCCCCC)OC(=O)CCCCCCCCCCC. The quantitative estimate of drug-likeness (QED) is 0.0159. The summed E-state index contributed by atoms with van der Waals surface area (Å²) < 4.78 is 59.1. The molecule has 0 aliphatic heterocycles. The Morgan fingerprint density at radius 3 is 0.796 bits per heavy atom. The van der Waals surface area contributed by atoms with Gasteiger partial charge in [0.15, 0.2) is 0 Å². The predicted molar refractivity (Wildman–Crippen MR) is 436 cm³/mol. The molecule has 0 aliphatic rings. The van der Waals surface area contributed by atoms with Crippen molar-refractivity contribution in [3.05, 3.63) is 0 Å². The summed E-state index contributed by atoms with van der Waals surface area (Å²) in [5, 5.41) is 15.9. The molecule has 6 atom stereocenters. The van der Waals surface area contributed by atoms with Crippen LogP contribution in [0.25, 0.3) is 0 Å². The van der Waals surface area contributed by atoms with Gasteiger partial charge in [-0.15, -0.1) is 0 Å². The number of hydrogen-bond acceptors (Lipinski definition) is 15. The monoisotopic (exact) mass is 1580 g/mol. The maximum Gasteiger partial charge on any atom is 0.472 e. The number of carbonyl (C=O) groups is 7. The lowest BCUT2D eigenvalue weighted by molar-refractivity contribution is -0.151. The minimum Gasteiger partial charge on any atom is -0.462 e. The Bertz CT molecular complexity index is 2130. The number of rotatable bonds is 82. The van der Waals surface area contributed by atoms with Crippen LogP contribution in [0.2, 0.25) is 0 Å². The zero-order chi connectivity index (χ0) is 79.5. The molecule has 25 heteroatoms. The van der Waals surface area contributed by atoms with Gasteiger partial charge >= 0.3 is 33.6 Å². The van der Waals surface area contributed by atoms with E-state index in [9.17, 15) is 52.5 Å². The van der Waals surface area contributed by atoms with Gasteiger partial charge in [-0.2, -0.15) is 0 Å². The number of carbonyl (C=O) groups excluding carboxylic acids is 7. The standard InChI is InChI=1S/C83H162N6O17P2/c1-7-13-19-25-29-33-35-39-41-47-53-59-77(90)88-75(81(94)84-65-63-73(57-51-45-23-17-11-5)105-79(92)61-55-49-43-37-31-27-21-15-9-3)71-103-107(97,98)101-69-67-86-83(96)87-68-70-102-108(99,100)104-72-76(89-78(91)60-54-48-42-40-36-34-30-26-20-14-8-2)82(95)85-66-64-74(58-52-46-24-18-12-6)106-80(93)62-56-50-44-38-32-28-22-16-10-4/h73-76H,7-72H2,1-6H3,(H,84,94)(H,85,95)(H,88,90)(H,89,91)(H,97,98)(H,99,100)(H2,86,87,96)/t73-,74-,75+,76+/m1/s1. The largest absolute Gasteiger partial charge is 0.472 e. The number of hydrogen-bond donors (Lipinski definition) is 8. The van der Waals surface area contributed by atoms with E-state index < -0.39 is 96.0 Å². The second-order valence-electron chi connectivity index (χ2n) is 30.1. The van der Waals surface area contributed by atoms with Gasteiger partial charge in [0.25, 0.3) is 0 Å². The fourth-order valence-corrected chi connectivity index (χ4v) is 14.5. The van der Waals surface area contributed by atoms with E-state index in [1.54, 1.807) is 0 Å². The molecule has 6 amide bonds. The van der Waals surface area contributed by atoms with Gasteiger partial charge in [0.1, 0.15) is 24.3 Å². The predicted octanol–water partition coefficient (Wildman–Crippen LogP) is 20.3. The van der Waals surface area contributed by atoms with E-state index in [1.807, 2.05) is 0 Å². The topological polar surface area (TPSA) is 322 Å². The summed E-state index contributed by atoms with van der Waals surface area (Å²) in [6.45, 7) is 10.3. The summed E-state index contributed by atoms with van der Waals surface area (Å²) in [7, 11) is -9.75. The summed E-state index contributed by atoms with van der Waals surface area (Å²) in [4.78, 5) is 115. The summed E-state index contributed by atoms with van der Waals surface area (Å²) >= 11 is 0. The third kappa shape index (κ3) is 70.2. The van der Waals surface area contributed by atoms with Crippen LogP contribution in [0.5, 0.6) is 0 Å². The van der Waals surface area contributed by atoms with Crippen molar-refractivity contribution in [2.45, 2.75) is 438 Å². The summed E-state index contributed by atoms with van der Waals surface area (Å²) in [6, 6.07) is -3.54. The van der Waals surface area contributed by atoms with Gasteiger partial charge in [-0.25, -0.2) is 13.9 Å². The molecule has 0 fully saturated rings. The van der Waals surface area contributed by atoms with Crippen LogP contribution in [0.15, 0.2) is 0 Å². The molecule has 8 N–H and O–H groups in total. The van der Waals surface area contributed by atoms with E-state index in [2.05, 4.69) is 73.4 Å². The molecule has 636 valence electrons. The van der Waals surface area contributed by atoms with Crippen LogP contribution >= 0.6 is 15.6 Å². The first kappa shape index (κ1) is 104. The molecular formula is C83H162N6O17P2. The van der Waals surface area contributed by atoms with Crippen molar-refractivity contribution in [3.8, 4) is 0 Å². The highest BCUT2D eigenvalue weighted by Crippen LogP contribution is 2.44. The molecule has 0 radical (unpaired) electrons. The Kier molecular flexibility index (Phi) is 73.4. The van der Waals surface area contributed by atoms with Crippen molar-refractivity contribution in [1.82, 2.24) is 31.9 Å². The second kappa shape index (κ2) is 76.0. The van der Waals surface area contributed by atoms with Crippen molar-refractivity contribution < 1.29 is 80.0 Å². The van der Waals surface area contributed by atoms with Crippen LogP contribution in [-0.4, -0.2) is 128 Å². The molecule has 2 unspecified atom stereocenters. The lowest BCUT2D eigenvalue weighted by atomic mass is 10.1.